The van der Waals surface area contributed by atoms with Gasteiger partial charge in [0.2, 0.25) is 0 Å². The molecule has 3 N–H and O–H groups in total. The van der Waals surface area contributed by atoms with Crippen molar-refractivity contribution in [3.63, 3.8) is 0 Å². The molecule has 1 aromatic carbocycles. The molecule has 18 heavy (non-hydrogen) atoms. The molecule has 0 spiro atoms. The number of nitrogens with zero attached hydrogens (tertiary/aromatic N) is 1. The van der Waals surface area contributed by atoms with Gasteiger partial charge in [0.05, 0.1) is 11.2 Å². The van der Waals surface area contributed by atoms with Crippen molar-refractivity contribution in [2.75, 3.05) is 23.1 Å². The molecule has 0 saturated carbocycles. The SMILES string of the molecule is CC(CS(C)=O)Nc1ccc(N)c2ncccc12. The smallest absolute Gasteiger partial charge is 0.0951 e. The van der Waals surface area contributed by atoms with E-state index in [2.05, 4.69) is 10.3 Å². The fraction of sp³-hybridized carbons (Fsp3) is 0.308. The number of hydrogen-bond acceptors (Lipinski definition) is 4. The van der Waals surface area contributed by atoms with Crippen LogP contribution in [0, 0.1) is 0 Å². The summed E-state index contributed by atoms with van der Waals surface area (Å²) in [6.07, 6.45) is 3.44. The third kappa shape index (κ3) is 2.79. The maximum absolute atomic E-state index is 11.2. The Labute approximate surface area is 109 Å². The van der Waals surface area contributed by atoms with Gasteiger partial charge in [-0.3, -0.25) is 9.19 Å². The molecule has 5 heteroatoms. The van der Waals surface area contributed by atoms with Gasteiger partial charge in [-0.25, -0.2) is 0 Å². The molecule has 96 valence electrons. The summed E-state index contributed by atoms with van der Waals surface area (Å²) in [5, 5.41) is 4.35. The molecule has 2 atom stereocenters. The fourth-order valence-corrected chi connectivity index (χ4v) is 2.77. The van der Waals surface area contributed by atoms with E-state index in [9.17, 15) is 4.21 Å². The molecule has 0 aliphatic rings. The predicted molar refractivity (Wildman–Crippen MR) is 78.2 cm³/mol. The molecule has 0 fully saturated rings. The Bertz CT molecular complexity index is 585. The molecule has 2 aromatic rings. The van der Waals surface area contributed by atoms with Crippen molar-refractivity contribution in [2.45, 2.75) is 13.0 Å². The number of pyridine rings is 1. The van der Waals surface area contributed by atoms with Crippen molar-refractivity contribution in [1.29, 1.82) is 0 Å². The monoisotopic (exact) mass is 263 g/mol. The van der Waals surface area contributed by atoms with Crippen molar-refractivity contribution >= 4 is 33.1 Å². The number of nitrogens with two attached hydrogens (primary N) is 1. The lowest BCUT2D eigenvalue weighted by atomic mass is 10.1. The van der Waals surface area contributed by atoms with Crippen LogP contribution in [0.15, 0.2) is 30.5 Å². The van der Waals surface area contributed by atoms with Gasteiger partial charge in [-0.1, -0.05) is 0 Å². The van der Waals surface area contributed by atoms with Crippen molar-refractivity contribution in [3.05, 3.63) is 30.5 Å². The number of aromatic nitrogens is 1. The average Bonchev–Trinajstić information content (AvgIpc) is 2.32. The number of rotatable bonds is 4. The highest BCUT2D eigenvalue weighted by molar-refractivity contribution is 7.84. The Balaban J connectivity index is 2.34. The molecule has 4 nitrogen and oxygen atoms in total. The highest BCUT2D eigenvalue weighted by Crippen LogP contribution is 2.26. The minimum atomic E-state index is -0.810. The Morgan fingerprint density at radius 1 is 1.44 bits per heavy atom. The molecular weight excluding hydrogens is 246 g/mol. The minimum absolute atomic E-state index is 0.142. The van der Waals surface area contributed by atoms with Crippen LogP contribution >= 0.6 is 0 Å². The summed E-state index contributed by atoms with van der Waals surface area (Å²) in [5.74, 6) is 0.617. The van der Waals surface area contributed by atoms with Crippen LogP contribution in [0.2, 0.25) is 0 Å². The van der Waals surface area contributed by atoms with E-state index in [0.717, 1.165) is 16.6 Å². The zero-order valence-electron chi connectivity index (χ0n) is 10.5. The Kier molecular flexibility index (Phi) is 3.81. The van der Waals surface area contributed by atoms with Crippen molar-refractivity contribution in [1.82, 2.24) is 4.98 Å². The zero-order valence-corrected chi connectivity index (χ0v) is 11.3. The third-order valence-electron chi connectivity index (χ3n) is 2.69. The highest BCUT2D eigenvalue weighted by atomic mass is 32.2. The lowest BCUT2D eigenvalue weighted by molar-refractivity contribution is 0.683. The summed E-state index contributed by atoms with van der Waals surface area (Å²) in [5.41, 5.74) is 8.34. The summed E-state index contributed by atoms with van der Waals surface area (Å²) in [7, 11) is -0.810. The average molecular weight is 263 g/mol. The topological polar surface area (TPSA) is 68.0 Å². The number of anilines is 2. The zero-order chi connectivity index (χ0) is 13.1. The van der Waals surface area contributed by atoms with Crippen LogP contribution < -0.4 is 11.1 Å². The second kappa shape index (κ2) is 5.35. The van der Waals surface area contributed by atoms with E-state index in [1.54, 1.807) is 12.5 Å². The molecule has 0 bridgehead atoms. The van der Waals surface area contributed by atoms with E-state index in [1.165, 1.54) is 0 Å². The van der Waals surface area contributed by atoms with Crippen LogP contribution in [0.5, 0.6) is 0 Å². The van der Waals surface area contributed by atoms with E-state index in [4.69, 9.17) is 5.73 Å². The first kappa shape index (κ1) is 12.8. The number of nitrogens with one attached hydrogen (secondary N) is 1. The second-order valence-corrected chi connectivity index (χ2v) is 5.87. The quantitative estimate of drug-likeness (QED) is 0.828. The maximum atomic E-state index is 11.2. The van der Waals surface area contributed by atoms with Gasteiger partial charge in [0, 0.05) is 46.1 Å². The van der Waals surface area contributed by atoms with Gasteiger partial charge in [0.15, 0.2) is 0 Å². The van der Waals surface area contributed by atoms with Gasteiger partial charge in [-0.15, -0.1) is 0 Å². The summed E-state index contributed by atoms with van der Waals surface area (Å²) in [6.45, 7) is 2.01. The second-order valence-electron chi connectivity index (χ2n) is 4.39. The number of hydrogen-bond donors (Lipinski definition) is 2. The first-order valence-corrected chi connectivity index (χ1v) is 7.50. The van der Waals surface area contributed by atoms with Crippen LogP contribution in [0.25, 0.3) is 10.9 Å². The molecule has 0 aliphatic heterocycles. The van der Waals surface area contributed by atoms with Gasteiger partial charge < -0.3 is 11.1 Å². The van der Waals surface area contributed by atoms with E-state index in [1.807, 2.05) is 31.2 Å². The van der Waals surface area contributed by atoms with Gasteiger partial charge >= 0.3 is 0 Å². The molecule has 0 radical (unpaired) electrons. The lowest BCUT2D eigenvalue weighted by Crippen LogP contribution is -2.22. The first-order valence-electron chi connectivity index (χ1n) is 5.77. The number of benzene rings is 1. The fourth-order valence-electron chi connectivity index (χ4n) is 1.98. The summed E-state index contributed by atoms with van der Waals surface area (Å²) < 4.78 is 11.2. The van der Waals surface area contributed by atoms with Crippen molar-refractivity contribution in [2.24, 2.45) is 0 Å². The Morgan fingerprint density at radius 2 is 2.22 bits per heavy atom. The Morgan fingerprint density at radius 3 is 2.94 bits per heavy atom. The van der Waals surface area contributed by atoms with Crippen molar-refractivity contribution in [3.8, 4) is 0 Å². The van der Waals surface area contributed by atoms with Crippen LogP contribution in [0.1, 0.15) is 6.92 Å². The molecule has 1 heterocycles. The van der Waals surface area contributed by atoms with Gasteiger partial charge in [0.1, 0.15) is 0 Å². The van der Waals surface area contributed by atoms with Crippen LogP contribution in [0.4, 0.5) is 11.4 Å². The number of nitrogen functional groups attached to an aromatic ring is 1. The molecule has 1 aromatic heterocycles. The summed E-state index contributed by atoms with van der Waals surface area (Å²) in [6, 6.07) is 7.79. The lowest BCUT2D eigenvalue weighted by Gasteiger charge is -2.16. The molecular formula is C13H17N3OS. The summed E-state index contributed by atoms with van der Waals surface area (Å²) >= 11 is 0. The summed E-state index contributed by atoms with van der Waals surface area (Å²) in [4.78, 5) is 4.28. The van der Waals surface area contributed by atoms with Crippen LogP contribution in [0.3, 0.4) is 0 Å². The van der Waals surface area contributed by atoms with E-state index in [-0.39, 0.29) is 6.04 Å². The normalized spacial score (nSPS) is 14.3. The van der Waals surface area contributed by atoms with Crippen LogP contribution in [-0.4, -0.2) is 27.2 Å². The third-order valence-corrected chi connectivity index (χ3v) is 3.66. The van der Waals surface area contributed by atoms with E-state index in [0.29, 0.717) is 11.4 Å². The van der Waals surface area contributed by atoms with Gasteiger partial charge in [0.25, 0.3) is 0 Å². The first-order chi connectivity index (χ1) is 8.58. The predicted octanol–water partition coefficient (Wildman–Crippen LogP) is 2.00. The van der Waals surface area contributed by atoms with Crippen molar-refractivity contribution < 1.29 is 4.21 Å². The number of fused-ring (bicyclic) bond motifs is 1. The van der Waals surface area contributed by atoms with Gasteiger partial charge in [-0.05, 0) is 31.2 Å². The standard InChI is InChI=1S/C13H17N3OS/c1-9(8-18(2)17)16-12-6-5-11(14)13-10(12)4-3-7-15-13/h3-7,9,16H,8,14H2,1-2H3. The molecule has 0 amide bonds. The largest absolute Gasteiger partial charge is 0.397 e. The maximum Gasteiger partial charge on any atom is 0.0951 e. The van der Waals surface area contributed by atoms with E-state index >= 15 is 0 Å². The minimum Gasteiger partial charge on any atom is -0.397 e. The molecule has 0 saturated heterocycles. The van der Waals surface area contributed by atoms with Gasteiger partial charge in [-0.2, -0.15) is 0 Å². The Hall–Kier alpha value is -1.62. The van der Waals surface area contributed by atoms with Crippen LogP contribution in [-0.2, 0) is 10.8 Å². The molecule has 2 unspecified atom stereocenters. The molecule has 2 rings (SSSR count). The highest BCUT2D eigenvalue weighted by Gasteiger charge is 2.08. The molecule has 0 aliphatic carbocycles. The van der Waals surface area contributed by atoms with E-state index < -0.39 is 10.8 Å².